The van der Waals surface area contributed by atoms with Gasteiger partial charge < -0.3 is 18.9 Å². The van der Waals surface area contributed by atoms with Crippen LogP contribution in [0.25, 0.3) is 11.1 Å². The standard InChI is InChI=1S/C21H24ClFN2O4/c1-5-28-19(26)17-15-12-24(20(27)29-21(2,3)4)9-10-25(15)18(22)16(17)13-7-6-8-14(23)11-13/h6-8,11H,5,9-10,12H2,1-4H3. The molecule has 1 aromatic heterocycles. The molecule has 3 rings (SSSR count). The molecule has 0 spiro atoms. The van der Waals surface area contributed by atoms with Gasteiger partial charge in [0.15, 0.2) is 0 Å². The van der Waals surface area contributed by atoms with Crippen LogP contribution in [0.1, 0.15) is 43.7 Å². The van der Waals surface area contributed by atoms with Crippen molar-refractivity contribution in [3.63, 3.8) is 0 Å². The number of ether oxygens (including phenoxy) is 2. The van der Waals surface area contributed by atoms with Crippen LogP contribution in [0.3, 0.4) is 0 Å². The molecule has 0 saturated carbocycles. The number of rotatable bonds is 3. The highest BCUT2D eigenvalue weighted by Gasteiger charge is 2.34. The molecule has 0 aliphatic carbocycles. The average Bonchev–Trinajstić information content (AvgIpc) is 2.92. The summed E-state index contributed by atoms with van der Waals surface area (Å²) in [5.74, 6) is -0.999. The van der Waals surface area contributed by atoms with E-state index in [1.165, 1.54) is 17.0 Å². The third-order valence-corrected chi connectivity index (χ3v) is 4.88. The van der Waals surface area contributed by atoms with Gasteiger partial charge in [0.05, 0.1) is 24.4 Å². The molecule has 1 aliphatic heterocycles. The Morgan fingerprint density at radius 2 is 1.97 bits per heavy atom. The molecule has 8 heteroatoms. The van der Waals surface area contributed by atoms with E-state index in [0.717, 1.165) is 0 Å². The van der Waals surface area contributed by atoms with Gasteiger partial charge in [-0.3, -0.25) is 0 Å². The normalized spacial score (nSPS) is 13.8. The molecular weight excluding hydrogens is 399 g/mol. The number of benzene rings is 1. The molecule has 0 N–H and O–H groups in total. The molecular formula is C21H24ClFN2O4. The summed E-state index contributed by atoms with van der Waals surface area (Å²) in [4.78, 5) is 26.8. The lowest BCUT2D eigenvalue weighted by atomic mass is 10.0. The van der Waals surface area contributed by atoms with E-state index >= 15 is 0 Å². The van der Waals surface area contributed by atoms with Gasteiger partial charge >= 0.3 is 12.1 Å². The maximum absolute atomic E-state index is 13.8. The van der Waals surface area contributed by atoms with E-state index in [2.05, 4.69) is 0 Å². The average molecular weight is 423 g/mol. The van der Waals surface area contributed by atoms with Crippen LogP contribution in [-0.2, 0) is 22.6 Å². The second-order valence-corrected chi connectivity index (χ2v) is 8.13. The van der Waals surface area contributed by atoms with Crippen LogP contribution in [-0.4, -0.2) is 40.3 Å². The fourth-order valence-electron chi connectivity index (χ4n) is 3.33. The molecule has 6 nitrogen and oxygen atoms in total. The Labute approximate surface area is 174 Å². The number of amides is 1. The zero-order valence-corrected chi connectivity index (χ0v) is 17.7. The van der Waals surface area contributed by atoms with Crippen LogP contribution in [0, 0.1) is 5.82 Å². The van der Waals surface area contributed by atoms with Gasteiger partial charge in [-0.1, -0.05) is 23.7 Å². The molecule has 1 aromatic carbocycles. The van der Waals surface area contributed by atoms with Crippen molar-refractivity contribution in [1.82, 2.24) is 9.47 Å². The maximum atomic E-state index is 13.8. The molecule has 0 unspecified atom stereocenters. The van der Waals surface area contributed by atoms with Crippen LogP contribution in [0.5, 0.6) is 0 Å². The molecule has 0 atom stereocenters. The number of hydrogen-bond acceptors (Lipinski definition) is 4. The van der Waals surface area contributed by atoms with Gasteiger partial charge in [0.1, 0.15) is 16.6 Å². The first-order chi connectivity index (χ1) is 13.6. The minimum atomic E-state index is -0.634. The number of carbonyl (C=O) groups is 2. The van der Waals surface area contributed by atoms with Gasteiger partial charge in [-0.05, 0) is 45.4 Å². The first kappa shape index (κ1) is 21.2. The topological polar surface area (TPSA) is 60.8 Å². The van der Waals surface area contributed by atoms with E-state index in [1.54, 1.807) is 44.4 Å². The monoisotopic (exact) mass is 422 g/mol. The van der Waals surface area contributed by atoms with Crippen molar-refractivity contribution < 1.29 is 23.5 Å². The first-order valence-electron chi connectivity index (χ1n) is 9.44. The largest absolute Gasteiger partial charge is 0.462 e. The number of fused-ring (bicyclic) bond motifs is 1. The summed E-state index contributed by atoms with van der Waals surface area (Å²) in [6, 6.07) is 5.88. The summed E-state index contributed by atoms with van der Waals surface area (Å²) >= 11 is 6.61. The predicted molar refractivity (Wildman–Crippen MR) is 107 cm³/mol. The number of hydrogen-bond donors (Lipinski definition) is 0. The minimum absolute atomic E-state index is 0.137. The van der Waals surface area contributed by atoms with Crippen molar-refractivity contribution in [2.24, 2.45) is 0 Å². The lowest BCUT2D eigenvalue weighted by Gasteiger charge is -2.31. The van der Waals surface area contributed by atoms with Gasteiger partial charge in [-0.15, -0.1) is 0 Å². The summed E-state index contributed by atoms with van der Waals surface area (Å²) in [6.45, 7) is 8.16. The molecule has 0 fully saturated rings. The molecule has 2 aromatic rings. The van der Waals surface area contributed by atoms with Crippen molar-refractivity contribution in [3.8, 4) is 11.1 Å². The second-order valence-electron chi connectivity index (χ2n) is 7.77. The van der Waals surface area contributed by atoms with Gasteiger partial charge in [-0.2, -0.15) is 0 Å². The number of esters is 1. The highest BCUT2D eigenvalue weighted by Crippen LogP contribution is 2.39. The third kappa shape index (κ3) is 4.40. The lowest BCUT2D eigenvalue weighted by molar-refractivity contribution is 0.0195. The predicted octanol–water partition coefficient (Wildman–Crippen LogP) is 4.88. The van der Waals surface area contributed by atoms with Gasteiger partial charge in [0.25, 0.3) is 0 Å². The molecule has 0 radical (unpaired) electrons. The Morgan fingerprint density at radius 1 is 1.24 bits per heavy atom. The quantitative estimate of drug-likeness (QED) is 0.662. The summed E-state index contributed by atoms with van der Waals surface area (Å²) in [7, 11) is 0. The van der Waals surface area contributed by atoms with Crippen molar-refractivity contribution in [2.45, 2.75) is 46.4 Å². The van der Waals surface area contributed by atoms with Crippen molar-refractivity contribution in [2.75, 3.05) is 13.2 Å². The Kier molecular flexibility index (Phi) is 5.89. The zero-order chi connectivity index (χ0) is 21.3. The highest BCUT2D eigenvalue weighted by atomic mass is 35.5. The fraction of sp³-hybridized carbons (Fsp3) is 0.429. The van der Waals surface area contributed by atoms with Gasteiger partial charge in [-0.25, -0.2) is 14.0 Å². The van der Waals surface area contributed by atoms with E-state index in [9.17, 15) is 14.0 Å². The molecule has 1 aliphatic rings. The molecule has 0 saturated heterocycles. The van der Waals surface area contributed by atoms with Crippen LogP contribution < -0.4 is 0 Å². The summed E-state index contributed by atoms with van der Waals surface area (Å²) in [5.41, 5.74) is 1.04. The first-order valence-corrected chi connectivity index (χ1v) is 9.82. The lowest BCUT2D eigenvalue weighted by Crippen LogP contribution is -2.41. The summed E-state index contributed by atoms with van der Waals surface area (Å²) < 4.78 is 26.3. The Balaban J connectivity index is 2.08. The number of halogens is 2. The molecule has 29 heavy (non-hydrogen) atoms. The van der Waals surface area contributed by atoms with E-state index in [0.29, 0.717) is 35.1 Å². The van der Waals surface area contributed by atoms with Crippen molar-refractivity contribution in [1.29, 1.82) is 0 Å². The van der Waals surface area contributed by atoms with Crippen LogP contribution in [0.4, 0.5) is 9.18 Å². The summed E-state index contributed by atoms with van der Waals surface area (Å²) in [5, 5.41) is 0.317. The zero-order valence-electron chi connectivity index (χ0n) is 16.9. The molecule has 1 amide bonds. The summed E-state index contributed by atoms with van der Waals surface area (Å²) in [6.07, 6.45) is -0.469. The Morgan fingerprint density at radius 3 is 2.59 bits per heavy atom. The maximum Gasteiger partial charge on any atom is 0.410 e. The highest BCUT2D eigenvalue weighted by molar-refractivity contribution is 6.33. The fourth-order valence-corrected chi connectivity index (χ4v) is 3.72. The minimum Gasteiger partial charge on any atom is -0.462 e. The number of carbonyl (C=O) groups excluding carboxylic acids is 2. The van der Waals surface area contributed by atoms with Crippen molar-refractivity contribution >= 4 is 23.7 Å². The number of aromatic nitrogens is 1. The molecule has 2 heterocycles. The van der Waals surface area contributed by atoms with E-state index in [-0.39, 0.29) is 18.7 Å². The molecule has 156 valence electrons. The van der Waals surface area contributed by atoms with Crippen LogP contribution in [0.15, 0.2) is 24.3 Å². The second kappa shape index (κ2) is 8.06. The Hall–Kier alpha value is -2.54. The van der Waals surface area contributed by atoms with E-state index in [1.807, 2.05) is 0 Å². The SMILES string of the molecule is CCOC(=O)c1c(-c2cccc(F)c2)c(Cl)n2c1CN(C(=O)OC(C)(C)C)CC2. The van der Waals surface area contributed by atoms with E-state index in [4.69, 9.17) is 21.1 Å². The van der Waals surface area contributed by atoms with Crippen LogP contribution >= 0.6 is 11.6 Å². The number of nitrogens with zero attached hydrogens (tertiary/aromatic N) is 2. The third-order valence-electron chi connectivity index (χ3n) is 4.49. The van der Waals surface area contributed by atoms with E-state index < -0.39 is 23.5 Å². The smallest absolute Gasteiger partial charge is 0.410 e. The molecule has 0 bridgehead atoms. The van der Waals surface area contributed by atoms with Gasteiger partial charge in [0, 0.05) is 18.7 Å². The van der Waals surface area contributed by atoms with Gasteiger partial charge in [0.2, 0.25) is 0 Å². The Bertz CT molecular complexity index is 949. The van der Waals surface area contributed by atoms with Crippen molar-refractivity contribution in [3.05, 3.63) is 46.5 Å². The van der Waals surface area contributed by atoms with Crippen LogP contribution in [0.2, 0.25) is 5.15 Å².